The average Bonchev–Trinajstić information content (AvgIpc) is 2.94. The molecular weight excluding hydrogens is 327 g/mol. The van der Waals surface area contributed by atoms with Crippen LogP contribution in [-0.2, 0) is 28.0 Å². The average molecular weight is 341 g/mol. The molecule has 124 valence electrons. The van der Waals surface area contributed by atoms with Gasteiger partial charge in [0.05, 0.1) is 5.92 Å². The molecule has 1 aromatic rings. The summed E-state index contributed by atoms with van der Waals surface area (Å²) in [7, 11) is -3.25. The van der Waals surface area contributed by atoms with Gasteiger partial charge in [-0.3, -0.25) is 9.48 Å². The van der Waals surface area contributed by atoms with E-state index in [-0.39, 0.29) is 19.3 Å². The molecule has 1 saturated carbocycles. The molecule has 1 aromatic heterocycles. The van der Waals surface area contributed by atoms with Crippen LogP contribution >= 0.6 is 0 Å². The summed E-state index contributed by atoms with van der Waals surface area (Å²) in [5.74, 6) is -1.73. The molecule has 1 aliphatic rings. The van der Waals surface area contributed by atoms with Crippen molar-refractivity contribution in [2.24, 2.45) is 13.0 Å². The molecule has 0 bridgehead atoms. The van der Waals surface area contributed by atoms with Crippen molar-refractivity contribution in [1.29, 1.82) is 0 Å². The minimum atomic E-state index is -4.90. The molecule has 0 spiro atoms. The molecule has 22 heavy (non-hydrogen) atoms. The van der Waals surface area contributed by atoms with Crippen molar-refractivity contribution < 1.29 is 31.5 Å². The van der Waals surface area contributed by atoms with Crippen LogP contribution in [0.25, 0.3) is 0 Å². The second-order valence-corrected chi connectivity index (χ2v) is 6.86. The van der Waals surface area contributed by atoms with Crippen LogP contribution in [0.3, 0.4) is 0 Å². The van der Waals surface area contributed by atoms with Gasteiger partial charge in [-0.05, 0) is 19.3 Å². The summed E-state index contributed by atoms with van der Waals surface area (Å²) < 4.78 is 65.7. The third-order valence-electron chi connectivity index (χ3n) is 3.46. The molecule has 0 radical (unpaired) electrons. The lowest BCUT2D eigenvalue weighted by atomic mass is 10.1. The van der Waals surface area contributed by atoms with Crippen LogP contribution in [0.2, 0.25) is 0 Å². The van der Waals surface area contributed by atoms with Crippen molar-refractivity contribution in [3.63, 3.8) is 0 Å². The zero-order chi connectivity index (χ0) is 16.7. The molecule has 7 nitrogen and oxygen atoms in total. The smallest absolute Gasteiger partial charge is 0.436 e. The SMILES string of the molecule is Cn1cc(S(=O)(=O)N[C@@H]2CC[C@H](C(=O)O)C2)c(C(F)(F)F)n1. The molecule has 0 amide bonds. The second kappa shape index (κ2) is 5.54. The topological polar surface area (TPSA) is 101 Å². The van der Waals surface area contributed by atoms with Gasteiger partial charge in [0, 0.05) is 19.3 Å². The first-order valence-corrected chi connectivity index (χ1v) is 7.85. The van der Waals surface area contributed by atoms with Gasteiger partial charge in [-0.1, -0.05) is 0 Å². The van der Waals surface area contributed by atoms with E-state index in [4.69, 9.17) is 5.11 Å². The maximum Gasteiger partial charge on any atom is 0.436 e. The quantitative estimate of drug-likeness (QED) is 0.850. The highest BCUT2D eigenvalue weighted by Gasteiger charge is 2.42. The van der Waals surface area contributed by atoms with Crippen molar-refractivity contribution in [3.8, 4) is 0 Å². The molecule has 1 aliphatic carbocycles. The summed E-state index contributed by atoms with van der Waals surface area (Å²) in [6.45, 7) is 0. The number of alkyl halides is 3. The number of carboxylic acid groups (broad SMARTS) is 1. The van der Waals surface area contributed by atoms with E-state index in [0.29, 0.717) is 0 Å². The number of aliphatic carboxylic acids is 1. The largest absolute Gasteiger partial charge is 0.481 e. The minimum Gasteiger partial charge on any atom is -0.481 e. The lowest BCUT2D eigenvalue weighted by Crippen LogP contribution is -2.34. The summed E-state index contributed by atoms with van der Waals surface area (Å²) in [6, 6.07) is -0.701. The first-order chi connectivity index (χ1) is 10.0. The van der Waals surface area contributed by atoms with Crippen LogP contribution in [0.4, 0.5) is 13.2 Å². The summed E-state index contributed by atoms with van der Waals surface area (Å²) >= 11 is 0. The number of sulfonamides is 1. The van der Waals surface area contributed by atoms with Gasteiger partial charge >= 0.3 is 12.1 Å². The van der Waals surface area contributed by atoms with Crippen LogP contribution in [0.1, 0.15) is 25.0 Å². The molecule has 0 aromatic carbocycles. The minimum absolute atomic E-state index is 0.0518. The zero-order valence-electron chi connectivity index (χ0n) is 11.5. The Morgan fingerprint density at radius 3 is 2.59 bits per heavy atom. The second-order valence-electron chi connectivity index (χ2n) is 5.18. The predicted molar refractivity (Wildman–Crippen MR) is 67.3 cm³/mol. The fraction of sp³-hybridized carbons (Fsp3) is 0.636. The molecule has 2 N–H and O–H groups in total. The molecule has 0 unspecified atom stereocenters. The Kier molecular flexibility index (Phi) is 4.22. The number of halogens is 3. The lowest BCUT2D eigenvalue weighted by molar-refractivity contribution is -0.143. The van der Waals surface area contributed by atoms with E-state index >= 15 is 0 Å². The molecule has 0 saturated heterocycles. The molecule has 11 heteroatoms. The first kappa shape index (κ1) is 16.7. The molecular formula is C11H14F3N3O4S. The zero-order valence-corrected chi connectivity index (χ0v) is 12.3. The predicted octanol–water partition coefficient (Wildman–Crippen LogP) is 0.970. The third-order valence-corrected chi connectivity index (χ3v) is 4.98. The van der Waals surface area contributed by atoms with Crippen molar-refractivity contribution in [1.82, 2.24) is 14.5 Å². The summed E-state index contributed by atoms with van der Waals surface area (Å²) in [6.07, 6.45) is -3.53. The van der Waals surface area contributed by atoms with Crippen molar-refractivity contribution >= 4 is 16.0 Å². The highest BCUT2D eigenvalue weighted by molar-refractivity contribution is 7.89. The van der Waals surface area contributed by atoms with E-state index in [0.717, 1.165) is 10.9 Å². The Morgan fingerprint density at radius 2 is 2.09 bits per heavy atom. The Balaban J connectivity index is 2.24. The van der Waals surface area contributed by atoms with E-state index in [2.05, 4.69) is 9.82 Å². The van der Waals surface area contributed by atoms with Crippen LogP contribution in [0.5, 0.6) is 0 Å². The standard InChI is InChI=1S/C11H14F3N3O4S/c1-17-5-8(9(15-17)11(12,13)14)22(20,21)16-7-3-2-6(4-7)10(18)19/h5-7,16H,2-4H2,1H3,(H,18,19)/t6-,7+/m0/s1. The summed E-state index contributed by atoms with van der Waals surface area (Å²) in [5, 5.41) is 12.0. The van der Waals surface area contributed by atoms with Crippen molar-refractivity contribution in [2.45, 2.75) is 36.4 Å². The van der Waals surface area contributed by atoms with Gasteiger partial charge in [0.1, 0.15) is 4.90 Å². The normalized spacial score (nSPS) is 22.9. The van der Waals surface area contributed by atoms with Gasteiger partial charge in [-0.25, -0.2) is 13.1 Å². The van der Waals surface area contributed by atoms with Gasteiger partial charge < -0.3 is 5.11 Å². The number of nitrogens with one attached hydrogen (secondary N) is 1. The number of aromatic nitrogens is 2. The highest BCUT2D eigenvalue weighted by Crippen LogP contribution is 2.33. The van der Waals surface area contributed by atoms with Gasteiger partial charge in [0.25, 0.3) is 0 Å². The number of rotatable bonds is 4. The summed E-state index contributed by atoms with van der Waals surface area (Å²) in [5.41, 5.74) is -1.49. The first-order valence-electron chi connectivity index (χ1n) is 6.36. The van der Waals surface area contributed by atoms with Gasteiger partial charge in [0.2, 0.25) is 10.0 Å². The van der Waals surface area contributed by atoms with Crippen LogP contribution < -0.4 is 4.72 Å². The molecule has 0 aliphatic heterocycles. The van der Waals surface area contributed by atoms with E-state index in [1.165, 1.54) is 7.05 Å². The van der Waals surface area contributed by atoms with E-state index in [1.54, 1.807) is 0 Å². The van der Waals surface area contributed by atoms with Crippen molar-refractivity contribution in [2.75, 3.05) is 0 Å². The number of hydrogen-bond donors (Lipinski definition) is 2. The van der Waals surface area contributed by atoms with E-state index in [1.807, 2.05) is 0 Å². The van der Waals surface area contributed by atoms with Crippen LogP contribution in [-0.4, -0.2) is 35.3 Å². The highest BCUT2D eigenvalue weighted by atomic mass is 32.2. The van der Waals surface area contributed by atoms with Gasteiger partial charge in [-0.2, -0.15) is 18.3 Å². The number of nitrogens with zero attached hydrogens (tertiary/aromatic N) is 2. The third kappa shape index (κ3) is 3.40. The molecule has 2 rings (SSSR count). The monoisotopic (exact) mass is 341 g/mol. The van der Waals surface area contributed by atoms with Gasteiger partial charge in [-0.15, -0.1) is 0 Å². The number of aryl methyl sites for hydroxylation is 1. The number of carbonyl (C=O) groups is 1. The van der Waals surface area contributed by atoms with E-state index < -0.39 is 44.7 Å². The van der Waals surface area contributed by atoms with Crippen LogP contribution in [0.15, 0.2) is 11.1 Å². The Morgan fingerprint density at radius 1 is 1.45 bits per heavy atom. The van der Waals surface area contributed by atoms with Crippen LogP contribution in [0, 0.1) is 5.92 Å². The number of hydrogen-bond acceptors (Lipinski definition) is 4. The maximum atomic E-state index is 12.8. The lowest BCUT2D eigenvalue weighted by Gasteiger charge is -2.13. The van der Waals surface area contributed by atoms with Gasteiger partial charge in [0.15, 0.2) is 5.69 Å². The number of carboxylic acids is 1. The maximum absolute atomic E-state index is 12.8. The Hall–Kier alpha value is -1.62. The summed E-state index contributed by atoms with van der Waals surface area (Å²) in [4.78, 5) is 9.88. The molecule has 1 fully saturated rings. The fourth-order valence-electron chi connectivity index (χ4n) is 2.46. The molecule has 2 atom stereocenters. The fourth-order valence-corrected chi connectivity index (χ4v) is 3.94. The van der Waals surface area contributed by atoms with Crippen molar-refractivity contribution in [3.05, 3.63) is 11.9 Å². The molecule has 1 heterocycles. The Bertz CT molecular complexity index is 683. The Labute approximate surface area is 124 Å². The van der Waals surface area contributed by atoms with E-state index in [9.17, 15) is 26.4 Å².